The molecule has 0 saturated carbocycles. The van der Waals surface area contributed by atoms with Gasteiger partial charge in [0.25, 0.3) is 0 Å². The first-order chi connectivity index (χ1) is 13.0. The summed E-state index contributed by atoms with van der Waals surface area (Å²) in [5.41, 5.74) is 1.65. The van der Waals surface area contributed by atoms with Gasteiger partial charge in [0, 0.05) is 18.3 Å². The van der Waals surface area contributed by atoms with Crippen LogP contribution in [0.3, 0.4) is 0 Å². The molecule has 0 bridgehead atoms. The zero-order valence-corrected chi connectivity index (χ0v) is 16.0. The van der Waals surface area contributed by atoms with Crippen molar-refractivity contribution in [3.8, 4) is 17.6 Å². The Morgan fingerprint density at radius 3 is 2.48 bits per heavy atom. The number of benzene rings is 2. The molecule has 27 heavy (non-hydrogen) atoms. The maximum Gasteiger partial charge on any atom is 0.187 e. The van der Waals surface area contributed by atoms with E-state index >= 15 is 0 Å². The predicted molar refractivity (Wildman–Crippen MR) is 103 cm³/mol. The third-order valence-corrected chi connectivity index (χ3v) is 4.06. The van der Waals surface area contributed by atoms with Crippen LogP contribution in [0, 0.1) is 11.3 Å². The second-order valence-corrected chi connectivity index (χ2v) is 5.96. The highest BCUT2D eigenvalue weighted by molar-refractivity contribution is 6.30. The molecule has 0 aliphatic carbocycles. The Morgan fingerprint density at radius 1 is 1.22 bits per heavy atom. The second kappa shape index (κ2) is 9.72. The molecular formula is C20H19ClN2O4. The lowest BCUT2D eigenvalue weighted by Crippen LogP contribution is -2.17. The van der Waals surface area contributed by atoms with E-state index in [1.165, 1.54) is 27.5 Å². The SMILES string of the molecule is COc1cc(C=NCC(=O)C(OC)c2ccc(Cl)cc2)cc(C#N)c1OC. The minimum Gasteiger partial charge on any atom is -0.493 e. The molecule has 0 N–H and O–H groups in total. The van der Waals surface area contributed by atoms with Gasteiger partial charge in [0.1, 0.15) is 18.7 Å². The Kier molecular flexibility index (Phi) is 7.35. The van der Waals surface area contributed by atoms with Crippen molar-refractivity contribution in [3.63, 3.8) is 0 Å². The first kappa shape index (κ1) is 20.4. The fourth-order valence-electron chi connectivity index (χ4n) is 2.56. The number of nitrogens with zero attached hydrogens (tertiary/aromatic N) is 2. The van der Waals surface area contributed by atoms with Crippen molar-refractivity contribution in [2.75, 3.05) is 27.9 Å². The van der Waals surface area contributed by atoms with Gasteiger partial charge in [-0.2, -0.15) is 5.26 Å². The highest BCUT2D eigenvalue weighted by Crippen LogP contribution is 2.31. The number of methoxy groups -OCH3 is 3. The molecule has 140 valence electrons. The van der Waals surface area contributed by atoms with Gasteiger partial charge in [-0.3, -0.25) is 9.79 Å². The number of carbonyl (C=O) groups excluding carboxylic acids is 1. The van der Waals surface area contributed by atoms with E-state index in [0.29, 0.717) is 33.2 Å². The second-order valence-electron chi connectivity index (χ2n) is 5.52. The summed E-state index contributed by atoms with van der Waals surface area (Å²) in [4.78, 5) is 16.6. The summed E-state index contributed by atoms with van der Waals surface area (Å²) in [5.74, 6) is 0.577. The molecule has 0 saturated heterocycles. The van der Waals surface area contributed by atoms with E-state index in [1.54, 1.807) is 36.4 Å². The van der Waals surface area contributed by atoms with Crippen LogP contribution < -0.4 is 9.47 Å². The Morgan fingerprint density at radius 2 is 1.93 bits per heavy atom. The predicted octanol–water partition coefficient (Wildman–Crippen LogP) is 3.60. The highest BCUT2D eigenvalue weighted by atomic mass is 35.5. The first-order valence-corrected chi connectivity index (χ1v) is 8.38. The summed E-state index contributed by atoms with van der Waals surface area (Å²) in [6.07, 6.45) is 0.787. The molecule has 0 heterocycles. The van der Waals surface area contributed by atoms with Gasteiger partial charge in [0.05, 0.1) is 19.8 Å². The van der Waals surface area contributed by atoms with Crippen molar-refractivity contribution < 1.29 is 19.0 Å². The van der Waals surface area contributed by atoms with Gasteiger partial charge in [-0.05, 0) is 35.4 Å². The number of ether oxygens (including phenoxy) is 3. The maximum absolute atomic E-state index is 12.4. The highest BCUT2D eigenvalue weighted by Gasteiger charge is 2.19. The van der Waals surface area contributed by atoms with Crippen LogP contribution in [0.5, 0.6) is 11.5 Å². The van der Waals surface area contributed by atoms with Gasteiger partial charge >= 0.3 is 0 Å². The number of hydrogen-bond donors (Lipinski definition) is 0. The average Bonchev–Trinajstić information content (AvgIpc) is 2.69. The van der Waals surface area contributed by atoms with Crippen LogP contribution in [0.2, 0.25) is 5.02 Å². The quantitative estimate of drug-likeness (QED) is 0.647. The first-order valence-electron chi connectivity index (χ1n) is 8.01. The fraction of sp³-hybridized carbons (Fsp3) is 0.250. The van der Waals surface area contributed by atoms with Gasteiger partial charge in [-0.25, -0.2) is 0 Å². The largest absolute Gasteiger partial charge is 0.493 e. The molecule has 1 unspecified atom stereocenters. The Hall–Kier alpha value is -2.88. The van der Waals surface area contributed by atoms with Crippen molar-refractivity contribution in [1.29, 1.82) is 5.26 Å². The Bertz CT molecular complexity index is 873. The summed E-state index contributed by atoms with van der Waals surface area (Å²) in [7, 11) is 4.42. The molecule has 7 heteroatoms. The number of rotatable bonds is 8. The van der Waals surface area contributed by atoms with E-state index < -0.39 is 6.10 Å². The number of ketones is 1. The minimum absolute atomic E-state index is 0.0721. The molecular weight excluding hydrogens is 368 g/mol. The van der Waals surface area contributed by atoms with Crippen LogP contribution in [0.1, 0.15) is 22.8 Å². The normalized spacial score (nSPS) is 11.8. The molecule has 2 aromatic rings. The van der Waals surface area contributed by atoms with E-state index in [-0.39, 0.29) is 12.3 Å². The average molecular weight is 387 g/mol. The summed E-state index contributed by atoms with van der Waals surface area (Å²) in [6, 6.07) is 12.2. The molecule has 0 aromatic heterocycles. The minimum atomic E-state index is -0.723. The lowest BCUT2D eigenvalue weighted by atomic mass is 10.1. The lowest BCUT2D eigenvalue weighted by Gasteiger charge is -2.13. The van der Waals surface area contributed by atoms with Crippen LogP contribution in [-0.2, 0) is 9.53 Å². The molecule has 0 aliphatic rings. The Labute approximate surface area is 163 Å². The molecule has 0 radical (unpaired) electrons. The van der Waals surface area contributed by atoms with E-state index in [2.05, 4.69) is 4.99 Å². The van der Waals surface area contributed by atoms with Gasteiger partial charge in [0.15, 0.2) is 17.3 Å². The van der Waals surface area contributed by atoms with Crippen molar-refractivity contribution in [1.82, 2.24) is 0 Å². The summed E-state index contributed by atoms with van der Waals surface area (Å²) in [6.45, 7) is -0.0721. The summed E-state index contributed by atoms with van der Waals surface area (Å²) >= 11 is 5.87. The number of hydrogen-bond acceptors (Lipinski definition) is 6. The Balaban J connectivity index is 2.15. The third kappa shape index (κ3) is 5.07. The molecule has 0 fully saturated rings. The molecule has 1 atom stereocenters. The molecule has 0 spiro atoms. The van der Waals surface area contributed by atoms with Crippen LogP contribution in [0.4, 0.5) is 0 Å². The van der Waals surface area contributed by atoms with Crippen LogP contribution >= 0.6 is 11.6 Å². The zero-order valence-electron chi connectivity index (χ0n) is 15.2. The van der Waals surface area contributed by atoms with Gasteiger partial charge in [0.2, 0.25) is 0 Å². The van der Waals surface area contributed by atoms with Crippen molar-refractivity contribution in [2.24, 2.45) is 4.99 Å². The number of halogens is 1. The standard InChI is InChI=1S/C20H19ClN2O4/c1-25-18-9-13(8-15(10-22)20(18)27-3)11-23-12-17(24)19(26-2)14-4-6-16(21)7-5-14/h4-9,11,19H,12H2,1-3H3. The van der Waals surface area contributed by atoms with Gasteiger partial charge in [-0.15, -0.1) is 0 Å². The summed E-state index contributed by atoms with van der Waals surface area (Å²) in [5, 5.41) is 9.83. The molecule has 2 aromatic carbocycles. The van der Waals surface area contributed by atoms with E-state index in [4.69, 9.17) is 25.8 Å². The van der Waals surface area contributed by atoms with Crippen molar-refractivity contribution in [2.45, 2.75) is 6.10 Å². The van der Waals surface area contributed by atoms with Crippen molar-refractivity contribution in [3.05, 3.63) is 58.1 Å². The number of aliphatic imine (C=N–C) groups is 1. The molecule has 2 rings (SSSR count). The van der Waals surface area contributed by atoms with E-state index in [9.17, 15) is 10.1 Å². The van der Waals surface area contributed by atoms with Crippen LogP contribution in [0.25, 0.3) is 0 Å². The zero-order chi connectivity index (χ0) is 19.8. The smallest absolute Gasteiger partial charge is 0.187 e. The monoisotopic (exact) mass is 386 g/mol. The number of Topliss-reactive ketones (excluding diaryl/α,β-unsaturated/α-hetero) is 1. The third-order valence-electron chi connectivity index (χ3n) is 3.81. The molecule has 6 nitrogen and oxygen atoms in total. The maximum atomic E-state index is 12.4. The fourth-order valence-corrected chi connectivity index (χ4v) is 2.68. The lowest BCUT2D eigenvalue weighted by molar-refractivity contribution is -0.127. The van der Waals surface area contributed by atoms with Crippen molar-refractivity contribution >= 4 is 23.6 Å². The molecule has 0 aliphatic heterocycles. The molecule has 0 amide bonds. The van der Waals surface area contributed by atoms with Crippen LogP contribution in [0.15, 0.2) is 41.4 Å². The van der Waals surface area contributed by atoms with Gasteiger partial charge < -0.3 is 14.2 Å². The van der Waals surface area contributed by atoms with E-state index in [1.807, 2.05) is 6.07 Å². The topological polar surface area (TPSA) is 80.9 Å². The number of carbonyl (C=O) groups is 1. The van der Waals surface area contributed by atoms with Crippen LogP contribution in [-0.4, -0.2) is 39.9 Å². The number of nitriles is 1. The van der Waals surface area contributed by atoms with E-state index in [0.717, 1.165) is 0 Å². The summed E-state index contributed by atoms with van der Waals surface area (Å²) < 4.78 is 15.7. The van der Waals surface area contributed by atoms with Gasteiger partial charge in [-0.1, -0.05) is 23.7 Å².